The highest BCUT2D eigenvalue weighted by atomic mass is 35.5. The number of rotatable bonds is 3. The molecule has 2 saturated heterocycles. The van der Waals surface area contributed by atoms with Crippen molar-refractivity contribution in [2.45, 2.75) is 45.6 Å². The molecule has 2 aliphatic heterocycles. The van der Waals surface area contributed by atoms with E-state index in [-0.39, 0.29) is 36.2 Å². The Balaban J connectivity index is 0.00000220. The molecule has 0 aliphatic carbocycles. The van der Waals surface area contributed by atoms with Gasteiger partial charge in [0.05, 0.1) is 5.92 Å². The van der Waals surface area contributed by atoms with Crippen molar-refractivity contribution in [2.24, 2.45) is 5.92 Å². The molecule has 0 aromatic heterocycles. The molecule has 0 aromatic carbocycles. The summed E-state index contributed by atoms with van der Waals surface area (Å²) < 4.78 is 0. The molecule has 2 rings (SSSR count). The molecule has 2 heterocycles. The molecule has 0 radical (unpaired) electrons. The highest BCUT2D eigenvalue weighted by molar-refractivity contribution is 5.85. The van der Waals surface area contributed by atoms with Crippen LogP contribution in [0.2, 0.25) is 0 Å². The smallest absolute Gasteiger partial charge is 0.227 e. The Labute approximate surface area is 133 Å². The van der Waals surface area contributed by atoms with Crippen molar-refractivity contribution in [1.82, 2.24) is 15.1 Å². The number of nitrogens with zero attached hydrogens (tertiary/aromatic N) is 2. The molecular weight excluding hydrogens is 290 g/mol. The lowest BCUT2D eigenvalue weighted by atomic mass is 9.95. The molecule has 2 amide bonds. The number of nitrogens with one attached hydrogen (secondary N) is 1. The summed E-state index contributed by atoms with van der Waals surface area (Å²) in [6.07, 6.45) is 3.35. The molecule has 1 N–H and O–H groups in total. The molecule has 0 bridgehead atoms. The highest BCUT2D eigenvalue weighted by Crippen LogP contribution is 2.21. The van der Waals surface area contributed by atoms with Gasteiger partial charge in [-0.1, -0.05) is 6.92 Å². The van der Waals surface area contributed by atoms with Gasteiger partial charge in [-0.05, 0) is 26.2 Å². The summed E-state index contributed by atoms with van der Waals surface area (Å²) in [5.41, 5.74) is 0. The lowest BCUT2D eigenvalue weighted by Gasteiger charge is -2.39. The second-order valence-electron chi connectivity index (χ2n) is 6.01. The molecular formula is C15H28ClN3O2. The van der Waals surface area contributed by atoms with E-state index in [1.54, 1.807) is 0 Å². The fourth-order valence-corrected chi connectivity index (χ4v) is 3.18. The topological polar surface area (TPSA) is 52.7 Å². The molecule has 2 fully saturated rings. The quantitative estimate of drug-likeness (QED) is 0.853. The first-order valence-electron chi connectivity index (χ1n) is 7.92. The van der Waals surface area contributed by atoms with Crippen LogP contribution in [0.5, 0.6) is 0 Å². The zero-order valence-electron chi connectivity index (χ0n) is 13.1. The summed E-state index contributed by atoms with van der Waals surface area (Å²) >= 11 is 0. The number of likely N-dealkylation sites (tertiary alicyclic amines) is 1. The fraction of sp³-hybridized carbons (Fsp3) is 0.867. The predicted molar refractivity (Wildman–Crippen MR) is 85.5 cm³/mol. The first-order valence-corrected chi connectivity index (χ1v) is 7.92. The number of hydrogen-bond acceptors (Lipinski definition) is 3. The minimum absolute atomic E-state index is 0. The van der Waals surface area contributed by atoms with E-state index in [9.17, 15) is 9.59 Å². The molecule has 21 heavy (non-hydrogen) atoms. The summed E-state index contributed by atoms with van der Waals surface area (Å²) in [5.74, 6) is 0.455. The maximum atomic E-state index is 12.6. The minimum Gasteiger partial charge on any atom is -0.342 e. The van der Waals surface area contributed by atoms with E-state index in [1.165, 1.54) is 0 Å². The Morgan fingerprint density at radius 1 is 1.29 bits per heavy atom. The van der Waals surface area contributed by atoms with E-state index in [0.29, 0.717) is 13.0 Å². The second-order valence-corrected chi connectivity index (χ2v) is 6.01. The monoisotopic (exact) mass is 317 g/mol. The van der Waals surface area contributed by atoms with E-state index >= 15 is 0 Å². The summed E-state index contributed by atoms with van der Waals surface area (Å²) in [4.78, 5) is 28.5. The third-order valence-electron chi connectivity index (χ3n) is 4.37. The van der Waals surface area contributed by atoms with Crippen LogP contribution in [0, 0.1) is 5.92 Å². The summed E-state index contributed by atoms with van der Waals surface area (Å²) in [6.45, 7) is 8.09. The Bertz CT molecular complexity index is 365. The molecule has 2 unspecified atom stereocenters. The third-order valence-corrected chi connectivity index (χ3v) is 4.37. The van der Waals surface area contributed by atoms with E-state index in [4.69, 9.17) is 0 Å². The van der Waals surface area contributed by atoms with Gasteiger partial charge >= 0.3 is 0 Å². The van der Waals surface area contributed by atoms with Crippen molar-refractivity contribution in [3.8, 4) is 0 Å². The van der Waals surface area contributed by atoms with Crippen molar-refractivity contribution in [1.29, 1.82) is 0 Å². The lowest BCUT2D eigenvalue weighted by molar-refractivity contribution is -0.143. The van der Waals surface area contributed by atoms with Gasteiger partial charge in [0.2, 0.25) is 11.8 Å². The average molecular weight is 318 g/mol. The largest absolute Gasteiger partial charge is 0.342 e. The van der Waals surface area contributed by atoms with E-state index in [2.05, 4.69) is 12.2 Å². The van der Waals surface area contributed by atoms with Gasteiger partial charge < -0.3 is 15.1 Å². The Morgan fingerprint density at radius 3 is 2.71 bits per heavy atom. The van der Waals surface area contributed by atoms with Crippen LogP contribution >= 0.6 is 12.4 Å². The maximum Gasteiger partial charge on any atom is 0.227 e. The van der Waals surface area contributed by atoms with Gasteiger partial charge in [-0.15, -0.1) is 12.4 Å². The molecule has 0 spiro atoms. The molecule has 6 heteroatoms. The third kappa shape index (κ3) is 4.58. The second kappa shape index (κ2) is 8.59. The SMILES string of the molecule is CCCC(=O)N1CCCC(C(=O)N2CCNCC2C)C1.Cl. The normalized spacial score (nSPS) is 26.2. The number of hydrogen-bond donors (Lipinski definition) is 1. The number of piperidine rings is 1. The molecule has 5 nitrogen and oxygen atoms in total. The van der Waals surface area contributed by atoms with Gasteiger partial charge in [0.1, 0.15) is 0 Å². The van der Waals surface area contributed by atoms with Crippen molar-refractivity contribution in [2.75, 3.05) is 32.7 Å². The van der Waals surface area contributed by atoms with E-state index in [1.807, 2.05) is 16.7 Å². The molecule has 122 valence electrons. The standard InChI is InChI=1S/C15H27N3O2.ClH/c1-3-5-14(19)17-8-4-6-13(11-17)15(20)18-9-7-16-10-12(18)2;/h12-13,16H,3-11H2,1-2H3;1H. The van der Waals surface area contributed by atoms with E-state index < -0.39 is 0 Å². The molecule has 0 aromatic rings. The fourth-order valence-electron chi connectivity index (χ4n) is 3.18. The van der Waals surface area contributed by atoms with Crippen LogP contribution in [-0.2, 0) is 9.59 Å². The van der Waals surface area contributed by atoms with Gasteiger partial charge in [0.25, 0.3) is 0 Å². The predicted octanol–water partition coefficient (Wildman–Crippen LogP) is 1.27. The van der Waals surface area contributed by atoms with Crippen molar-refractivity contribution in [3.63, 3.8) is 0 Å². The Kier molecular flexibility index (Phi) is 7.46. The van der Waals surface area contributed by atoms with Crippen LogP contribution in [0.4, 0.5) is 0 Å². The minimum atomic E-state index is 0. The van der Waals surface area contributed by atoms with Crippen LogP contribution in [0.15, 0.2) is 0 Å². The van der Waals surface area contributed by atoms with E-state index in [0.717, 1.165) is 45.4 Å². The Morgan fingerprint density at radius 2 is 2.05 bits per heavy atom. The highest BCUT2D eigenvalue weighted by Gasteiger charge is 2.33. The van der Waals surface area contributed by atoms with Crippen LogP contribution in [0.3, 0.4) is 0 Å². The van der Waals surface area contributed by atoms with Gasteiger partial charge in [-0.2, -0.15) is 0 Å². The zero-order valence-corrected chi connectivity index (χ0v) is 14.0. The van der Waals surface area contributed by atoms with Gasteiger partial charge in [0.15, 0.2) is 0 Å². The summed E-state index contributed by atoms with van der Waals surface area (Å²) in [5, 5.41) is 3.31. The van der Waals surface area contributed by atoms with Gasteiger partial charge in [0, 0.05) is 45.2 Å². The molecule has 2 aliphatic rings. The van der Waals surface area contributed by atoms with Crippen LogP contribution < -0.4 is 5.32 Å². The number of halogens is 1. The zero-order chi connectivity index (χ0) is 14.5. The van der Waals surface area contributed by atoms with Crippen molar-refractivity contribution >= 4 is 24.2 Å². The van der Waals surface area contributed by atoms with Crippen molar-refractivity contribution in [3.05, 3.63) is 0 Å². The molecule has 0 saturated carbocycles. The molecule has 2 atom stereocenters. The van der Waals surface area contributed by atoms with Gasteiger partial charge in [-0.3, -0.25) is 9.59 Å². The number of carbonyl (C=O) groups excluding carboxylic acids is 2. The number of piperazine rings is 1. The number of amides is 2. The Hall–Kier alpha value is -0.810. The first-order chi connectivity index (χ1) is 9.63. The summed E-state index contributed by atoms with van der Waals surface area (Å²) in [6, 6.07) is 0.262. The van der Waals surface area contributed by atoms with Crippen LogP contribution in [-0.4, -0.2) is 60.4 Å². The van der Waals surface area contributed by atoms with Crippen LogP contribution in [0.25, 0.3) is 0 Å². The maximum absolute atomic E-state index is 12.6. The van der Waals surface area contributed by atoms with Crippen LogP contribution in [0.1, 0.15) is 39.5 Å². The van der Waals surface area contributed by atoms with Gasteiger partial charge in [-0.25, -0.2) is 0 Å². The summed E-state index contributed by atoms with van der Waals surface area (Å²) in [7, 11) is 0. The van der Waals surface area contributed by atoms with Crippen molar-refractivity contribution < 1.29 is 9.59 Å². The average Bonchev–Trinajstić information content (AvgIpc) is 2.47. The number of carbonyl (C=O) groups is 2. The first kappa shape index (κ1) is 18.2. The lowest BCUT2D eigenvalue weighted by Crippen LogP contribution is -2.55.